The maximum absolute atomic E-state index is 14.3. The third-order valence-corrected chi connectivity index (χ3v) is 9.79. The van der Waals surface area contributed by atoms with Crippen LogP contribution < -0.4 is 10.5 Å². The molecule has 0 spiro atoms. The monoisotopic (exact) mass is 495 g/mol. The van der Waals surface area contributed by atoms with Crippen LogP contribution in [0.2, 0.25) is 0 Å². The van der Waals surface area contributed by atoms with Crippen LogP contribution in [0.25, 0.3) is 11.3 Å². The first-order valence-corrected chi connectivity index (χ1v) is 12.4. The first-order chi connectivity index (χ1) is 16.9. The SMILES string of the molecule is CN(c1nc(-c2ccncc2F)cc(=O)n1C)[C@@H]1[C@@H]2CN(C(=O)[C@@]34CC[C@@](C)(C(=O)O3)C4(C)C)C[C@@H]21. The van der Waals surface area contributed by atoms with Crippen molar-refractivity contribution in [3.05, 3.63) is 40.7 Å². The Kier molecular flexibility index (Phi) is 4.58. The topological polar surface area (TPSA) is 97.6 Å². The number of piperidine rings is 1. The van der Waals surface area contributed by atoms with E-state index in [1.807, 2.05) is 37.6 Å². The summed E-state index contributed by atoms with van der Waals surface area (Å²) in [6.07, 6.45) is 3.78. The van der Waals surface area contributed by atoms with Gasteiger partial charge in [-0.2, -0.15) is 0 Å². The standard InChI is InChI=1S/C26H30FN5O4/c1-24(2)25(3)7-8-26(24,36-22(25)35)21(34)32-12-15-16(13-32)20(15)31(5)23-29-18(10-19(33)30(23)4)14-6-9-28-11-17(14)27/h6,9-11,15-16,20H,7-8,12-13H2,1-5H3/t15-,16+,20-,25-,26+/m0/s1. The van der Waals surface area contributed by atoms with Gasteiger partial charge in [0.25, 0.3) is 11.5 Å². The van der Waals surface area contributed by atoms with Crippen LogP contribution in [0.5, 0.6) is 0 Å². The van der Waals surface area contributed by atoms with Gasteiger partial charge in [-0.1, -0.05) is 13.8 Å². The number of halogens is 1. The Hall–Kier alpha value is -3.30. The average molecular weight is 496 g/mol. The normalized spacial score (nSPS) is 33.4. The summed E-state index contributed by atoms with van der Waals surface area (Å²) in [5.41, 5.74) is -2.09. The minimum absolute atomic E-state index is 0.0867. The van der Waals surface area contributed by atoms with Crippen LogP contribution in [0.1, 0.15) is 33.6 Å². The highest BCUT2D eigenvalue weighted by Gasteiger charge is 2.77. The summed E-state index contributed by atoms with van der Waals surface area (Å²) >= 11 is 0. The molecule has 2 aliphatic heterocycles. The van der Waals surface area contributed by atoms with Crippen molar-refractivity contribution in [3.63, 3.8) is 0 Å². The van der Waals surface area contributed by atoms with E-state index >= 15 is 0 Å². The number of amides is 1. The van der Waals surface area contributed by atoms with Gasteiger partial charge in [0.15, 0.2) is 11.4 Å². The first-order valence-electron chi connectivity index (χ1n) is 12.4. The molecule has 190 valence electrons. The molecule has 2 bridgehead atoms. The van der Waals surface area contributed by atoms with Crippen molar-refractivity contribution < 1.29 is 18.7 Å². The fourth-order valence-corrected chi connectivity index (χ4v) is 6.91. The number of fused-ring (bicyclic) bond motifs is 3. The lowest BCUT2D eigenvalue weighted by molar-refractivity contribution is -0.173. The lowest BCUT2D eigenvalue weighted by Gasteiger charge is -2.38. The summed E-state index contributed by atoms with van der Waals surface area (Å²) < 4.78 is 21.6. The van der Waals surface area contributed by atoms with Crippen molar-refractivity contribution in [3.8, 4) is 11.3 Å². The van der Waals surface area contributed by atoms with E-state index in [4.69, 9.17) is 4.74 Å². The highest BCUT2D eigenvalue weighted by atomic mass is 19.1. The fourth-order valence-electron chi connectivity index (χ4n) is 6.91. The molecule has 2 saturated heterocycles. The largest absolute Gasteiger partial charge is 0.448 e. The van der Waals surface area contributed by atoms with Gasteiger partial charge in [-0.25, -0.2) is 9.37 Å². The van der Waals surface area contributed by atoms with Crippen LogP contribution in [-0.4, -0.2) is 63.1 Å². The number of anilines is 1. The molecular weight excluding hydrogens is 465 g/mol. The second kappa shape index (κ2) is 7.14. The predicted octanol–water partition coefficient (Wildman–Crippen LogP) is 2.00. The number of carbonyl (C=O) groups excluding carboxylic acids is 2. The van der Waals surface area contributed by atoms with Gasteiger partial charge in [0, 0.05) is 68.3 Å². The Morgan fingerprint density at radius 1 is 1.19 bits per heavy atom. The van der Waals surface area contributed by atoms with Crippen LogP contribution in [0.4, 0.5) is 10.3 Å². The summed E-state index contributed by atoms with van der Waals surface area (Å²) in [5.74, 6) is -0.00435. The summed E-state index contributed by atoms with van der Waals surface area (Å²) in [7, 11) is 3.53. The Labute approximate surface area is 208 Å². The molecule has 0 N–H and O–H groups in total. The maximum atomic E-state index is 14.3. The van der Waals surface area contributed by atoms with Gasteiger partial charge in [0.1, 0.15) is 0 Å². The van der Waals surface area contributed by atoms with E-state index in [1.54, 1.807) is 7.05 Å². The van der Waals surface area contributed by atoms with E-state index < -0.39 is 22.2 Å². The van der Waals surface area contributed by atoms with Gasteiger partial charge in [-0.3, -0.25) is 23.9 Å². The zero-order valence-corrected chi connectivity index (χ0v) is 21.1. The number of pyridine rings is 1. The van der Waals surface area contributed by atoms with Gasteiger partial charge in [0.2, 0.25) is 5.95 Å². The molecular formula is C26H30FN5O4. The maximum Gasteiger partial charge on any atom is 0.313 e. The molecule has 2 aromatic rings. The third-order valence-electron chi connectivity index (χ3n) is 9.79. The van der Waals surface area contributed by atoms with E-state index in [1.165, 1.54) is 22.9 Å². The van der Waals surface area contributed by atoms with E-state index in [0.717, 1.165) is 6.20 Å². The fraction of sp³-hybridized carbons (Fsp3) is 0.577. The Morgan fingerprint density at radius 3 is 2.47 bits per heavy atom. The molecule has 2 saturated carbocycles. The lowest BCUT2D eigenvalue weighted by Crippen LogP contribution is -2.55. The van der Waals surface area contributed by atoms with Crippen molar-refractivity contribution in [1.82, 2.24) is 19.4 Å². The third kappa shape index (κ3) is 2.72. The molecule has 4 fully saturated rings. The first kappa shape index (κ1) is 23.1. The number of hydrogen-bond donors (Lipinski definition) is 0. The Morgan fingerprint density at radius 2 is 1.89 bits per heavy atom. The molecule has 2 aliphatic carbocycles. The molecule has 6 rings (SSSR count). The summed E-state index contributed by atoms with van der Waals surface area (Å²) in [6.45, 7) is 6.99. The zero-order chi connectivity index (χ0) is 25.8. The molecule has 5 atom stereocenters. The van der Waals surface area contributed by atoms with Crippen LogP contribution >= 0.6 is 0 Å². The highest BCUT2D eigenvalue weighted by molar-refractivity contribution is 5.96. The number of nitrogens with zero attached hydrogens (tertiary/aromatic N) is 5. The van der Waals surface area contributed by atoms with Gasteiger partial charge in [-0.15, -0.1) is 0 Å². The molecule has 10 heteroatoms. The smallest absolute Gasteiger partial charge is 0.313 e. The van der Waals surface area contributed by atoms with Gasteiger partial charge in [0.05, 0.1) is 17.3 Å². The van der Waals surface area contributed by atoms with Gasteiger partial charge in [-0.05, 0) is 25.8 Å². The second-order valence-electron chi connectivity index (χ2n) is 11.5. The van der Waals surface area contributed by atoms with Crippen LogP contribution in [0.15, 0.2) is 29.3 Å². The minimum Gasteiger partial charge on any atom is -0.448 e. The minimum atomic E-state index is -1.09. The number of ether oxygens (including phenoxy) is 1. The van der Waals surface area contributed by atoms with Crippen molar-refractivity contribution in [2.45, 2.75) is 45.3 Å². The highest BCUT2D eigenvalue weighted by Crippen LogP contribution is 2.66. The molecule has 36 heavy (non-hydrogen) atoms. The molecule has 0 unspecified atom stereocenters. The quantitative estimate of drug-likeness (QED) is 0.599. The summed E-state index contributed by atoms with van der Waals surface area (Å²) in [5, 5.41) is 0. The molecule has 4 heterocycles. The lowest BCUT2D eigenvalue weighted by atomic mass is 9.66. The molecule has 4 aliphatic rings. The predicted molar refractivity (Wildman–Crippen MR) is 128 cm³/mol. The van der Waals surface area contributed by atoms with Gasteiger partial charge < -0.3 is 14.5 Å². The summed E-state index contributed by atoms with van der Waals surface area (Å²) in [6, 6.07) is 2.93. The van der Waals surface area contributed by atoms with Crippen molar-refractivity contribution >= 4 is 17.8 Å². The number of rotatable bonds is 4. The molecule has 2 aromatic heterocycles. The number of hydrogen-bond acceptors (Lipinski definition) is 7. The van der Waals surface area contributed by atoms with E-state index in [2.05, 4.69) is 9.97 Å². The molecule has 0 radical (unpaired) electrons. The Bertz CT molecular complexity index is 1360. The van der Waals surface area contributed by atoms with Crippen LogP contribution in [-0.2, 0) is 21.4 Å². The number of aromatic nitrogens is 3. The molecule has 0 aromatic carbocycles. The van der Waals surface area contributed by atoms with E-state index in [-0.39, 0.29) is 46.6 Å². The number of likely N-dealkylation sites (tertiary alicyclic amines) is 1. The molecule has 9 nitrogen and oxygen atoms in total. The van der Waals surface area contributed by atoms with Crippen molar-refractivity contribution in [2.75, 3.05) is 25.0 Å². The second-order valence-corrected chi connectivity index (χ2v) is 11.5. The van der Waals surface area contributed by atoms with Gasteiger partial charge >= 0.3 is 5.97 Å². The van der Waals surface area contributed by atoms with Crippen molar-refractivity contribution in [2.24, 2.45) is 29.7 Å². The van der Waals surface area contributed by atoms with Crippen LogP contribution in [0.3, 0.4) is 0 Å². The summed E-state index contributed by atoms with van der Waals surface area (Å²) in [4.78, 5) is 51.2. The van der Waals surface area contributed by atoms with E-state index in [0.29, 0.717) is 31.9 Å². The average Bonchev–Trinajstić information content (AvgIpc) is 3.18. The number of esters is 1. The van der Waals surface area contributed by atoms with Crippen molar-refractivity contribution in [1.29, 1.82) is 0 Å². The zero-order valence-electron chi connectivity index (χ0n) is 21.1. The van der Waals surface area contributed by atoms with Crippen LogP contribution in [0, 0.1) is 28.5 Å². The Balaban J connectivity index is 1.21. The van der Waals surface area contributed by atoms with E-state index in [9.17, 15) is 18.8 Å². The number of carbonyl (C=O) groups is 2. The molecule has 1 amide bonds.